The first-order valence-corrected chi connectivity index (χ1v) is 7.02. The third-order valence-electron chi connectivity index (χ3n) is 3.61. The van der Waals surface area contributed by atoms with Gasteiger partial charge in [0, 0.05) is 25.0 Å². The molecule has 2 rings (SSSR count). The second kappa shape index (κ2) is 6.55. The number of pyridine rings is 1. The van der Waals surface area contributed by atoms with E-state index in [2.05, 4.69) is 24.0 Å². The third kappa shape index (κ3) is 3.94. The highest BCUT2D eigenvalue weighted by Gasteiger charge is 2.23. The Morgan fingerprint density at radius 1 is 1.42 bits per heavy atom. The molecule has 0 bridgehead atoms. The van der Waals surface area contributed by atoms with E-state index in [0.29, 0.717) is 12.5 Å². The molecular weight excluding hydrogens is 240 g/mol. The van der Waals surface area contributed by atoms with Crippen LogP contribution >= 0.6 is 0 Å². The Labute approximate surface area is 114 Å². The number of ether oxygens (including phenoxy) is 1. The van der Waals surface area contributed by atoms with E-state index in [0.717, 1.165) is 38.0 Å². The fraction of sp³-hybridized carbons (Fsp3) is 0.600. The minimum Gasteiger partial charge on any atom is -0.450 e. The van der Waals surface area contributed by atoms with Crippen LogP contribution in [0.15, 0.2) is 18.3 Å². The lowest BCUT2D eigenvalue weighted by molar-refractivity contribution is 0.0917. The number of carbonyl (C=O) groups excluding carboxylic acids is 1. The van der Waals surface area contributed by atoms with Crippen LogP contribution in [-0.4, -0.2) is 35.7 Å². The summed E-state index contributed by atoms with van der Waals surface area (Å²) in [6, 6.07) is 4.21. The van der Waals surface area contributed by atoms with Crippen molar-refractivity contribution in [3.8, 4) is 0 Å². The number of rotatable bonds is 3. The van der Waals surface area contributed by atoms with E-state index < -0.39 is 0 Å². The quantitative estimate of drug-likeness (QED) is 0.841. The molecule has 2 heterocycles. The largest absolute Gasteiger partial charge is 0.450 e. The maximum Gasteiger partial charge on any atom is 0.409 e. The van der Waals surface area contributed by atoms with Crippen LogP contribution in [-0.2, 0) is 11.2 Å². The van der Waals surface area contributed by atoms with Crippen LogP contribution in [0.1, 0.15) is 31.0 Å². The second-order valence-corrected chi connectivity index (χ2v) is 5.16. The summed E-state index contributed by atoms with van der Waals surface area (Å²) in [7, 11) is 0. The molecule has 1 saturated heterocycles. The molecular formula is C15H22N2O2. The smallest absolute Gasteiger partial charge is 0.409 e. The van der Waals surface area contributed by atoms with Crippen LogP contribution in [0.3, 0.4) is 0 Å². The van der Waals surface area contributed by atoms with Crippen LogP contribution < -0.4 is 0 Å². The Morgan fingerprint density at radius 2 is 2.16 bits per heavy atom. The molecule has 1 aliphatic rings. The minimum atomic E-state index is -0.172. The zero-order valence-electron chi connectivity index (χ0n) is 11.8. The summed E-state index contributed by atoms with van der Waals surface area (Å²) in [6.45, 7) is 5.94. The Balaban J connectivity index is 1.80. The van der Waals surface area contributed by atoms with Gasteiger partial charge in [0.05, 0.1) is 6.61 Å². The van der Waals surface area contributed by atoms with Crippen LogP contribution in [0.2, 0.25) is 0 Å². The van der Waals surface area contributed by atoms with Crippen LogP contribution in [0.4, 0.5) is 4.79 Å². The van der Waals surface area contributed by atoms with Gasteiger partial charge in [-0.25, -0.2) is 4.79 Å². The topological polar surface area (TPSA) is 42.4 Å². The number of carbonyl (C=O) groups is 1. The first-order valence-electron chi connectivity index (χ1n) is 7.02. The zero-order chi connectivity index (χ0) is 13.7. The van der Waals surface area contributed by atoms with Crippen molar-refractivity contribution in [3.05, 3.63) is 29.6 Å². The van der Waals surface area contributed by atoms with Crippen LogP contribution in [0, 0.1) is 12.8 Å². The van der Waals surface area contributed by atoms with Gasteiger partial charge in [-0.15, -0.1) is 0 Å². The molecule has 1 aromatic heterocycles. The van der Waals surface area contributed by atoms with Crippen molar-refractivity contribution in [1.82, 2.24) is 9.88 Å². The van der Waals surface area contributed by atoms with Crippen LogP contribution in [0.5, 0.6) is 0 Å². The molecule has 0 N–H and O–H groups in total. The fourth-order valence-electron chi connectivity index (χ4n) is 2.45. The van der Waals surface area contributed by atoms with Crippen molar-refractivity contribution in [2.45, 2.75) is 33.1 Å². The first kappa shape index (κ1) is 13.8. The van der Waals surface area contributed by atoms with Gasteiger partial charge in [0.25, 0.3) is 0 Å². The molecule has 1 aromatic rings. The SMILES string of the molecule is CCOC(=O)N1CCC(Cc2ccc(C)cn2)CC1. The van der Waals surface area contributed by atoms with Crippen molar-refractivity contribution in [2.24, 2.45) is 5.92 Å². The summed E-state index contributed by atoms with van der Waals surface area (Å²) < 4.78 is 5.02. The third-order valence-corrected chi connectivity index (χ3v) is 3.61. The lowest BCUT2D eigenvalue weighted by Gasteiger charge is -2.31. The summed E-state index contributed by atoms with van der Waals surface area (Å²) in [6.07, 6.45) is 4.83. The normalized spacial score (nSPS) is 16.4. The lowest BCUT2D eigenvalue weighted by Crippen LogP contribution is -2.39. The van der Waals surface area contributed by atoms with E-state index in [-0.39, 0.29) is 6.09 Å². The van der Waals surface area contributed by atoms with Gasteiger partial charge in [-0.1, -0.05) is 6.07 Å². The summed E-state index contributed by atoms with van der Waals surface area (Å²) >= 11 is 0. The van der Waals surface area contributed by atoms with E-state index >= 15 is 0 Å². The van der Waals surface area contributed by atoms with Gasteiger partial charge in [-0.05, 0) is 50.7 Å². The predicted molar refractivity (Wildman–Crippen MR) is 74.0 cm³/mol. The van der Waals surface area contributed by atoms with E-state index in [1.807, 2.05) is 18.0 Å². The van der Waals surface area contributed by atoms with Gasteiger partial charge in [0.2, 0.25) is 0 Å². The summed E-state index contributed by atoms with van der Waals surface area (Å²) in [5, 5.41) is 0. The van der Waals surface area contributed by atoms with Crippen molar-refractivity contribution < 1.29 is 9.53 Å². The average Bonchev–Trinajstić information content (AvgIpc) is 2.42. The molecule has 0 aromatic carbocycles. The number of nitrogens with zero attached hydrogens (tertiary/aromatic N) is 2. The summed E-state index contributed by atoms with van der Waals surface area (Å²) in [4.78, 5) is 17.9. The highest BCUT2D eigenvalue weighted by atomic mass is 16.6. The highest BCUT2D eigenvalue weighted by Crippen LogP contribution is 2.21. The fourth-order valence-corrected chi connectivity index (χ4v) is 2.45. The lowest BCUT2D eigenvalue weighted by atomic mass is 9.92. The van der Waals surface area contributed by atoms with E-state index in [1.165, 1.54) is 5.56 Å². The van der Waals surface area contributed by atoms with Crippen molar-refractivity contribution >= 4 is 6.09 Å². The first-order chi connectivity index (χ1) is 9.19. The standard InChI is InChI=1S/C15H22N2O2/c1-3-19-15(18)17-8-6-13(7-9-17)10-14-5-4-12(2)11-16-14/h4-5,11,13H,3,6-10H2,1-2H3. The molecule has 4 heteroatoms. The molecule has 0 unspecified atom stereocenters. The number of aromatic nitrogens is 1. The Kier molecular flexibility index (Phi) is 4.77. The number of amides is 1. The molecule has 1 aliphatic heterocycles. The molecule has 0 radical (unpaired) electrons. The predicted octanol–water partition coefficient (Wildman–Crippen LogP) is 2.80. The molecule has 0 aliphatic carbocycles. The minimum absolute atomic E-state index is 0.172. The second-order valence-electron chi connectivity index (χ2n) is 5.16. The average molecular weight is 262 g/mol. The molecule has 0 atom stereocenters. The van der Waals surface area contributed by atoms with Gasteiger partial charge in [0.15, 0.2) is 0 Å². The van der Waals surface area contributed by atoms with E-state index in [1.54, 1.807) is 0 Å². The van der Waals surface area contributed by atoms with E-state index in [4.69, 9.17) is 4.74 Å². The Bertz CT molecular complexity index is 409. The number of hydrogen-bond acceptors (Lipinski definition) is 3. The van der Waals surface area contributed by atoms with E-state index in [9.17, 15) is 4.79 Å². The number of piperidine rings is 1. The number of hydrogen-bond donors (Lipinski definition) is 0. The van der Waals surface area contributed by atoms with Crippen molar-refractivity contribution in [3.63, 3.8) is 0 Å². The van der Waals surface area contributed by atoms with Crippen molar-refractivity contribution in [1.29, 1.82) is 0 Å². The molecule has 4 nitrogen and oxygen atoms in total. The van der Waals surface area contributed by atoms with Crippen molar-refractivity contribution in [2.75, 3.05) is 19.7 Å². The molecule has 1 amide bonds. The Morgan fingerprint density at radius 3 is 2.74 bits per heavy atom. The molecule has 104 valence electrons. The van der Waals surface area contributed by atoms with Gasteiger partial charge >= 0.3 is 6.09 Å². The number of likely N-dealkylation sites (tertiary alicyclic amines) is 1. The molecule has 1 fully saturated rings. The molecule has 0 saturated carbocycles. The Hall–Kier alpha value is -1.58. The maximum atomic E-state index is 11.6. The summed E-state index contributed by atoms with van der Waals surface area (Å²) in [5.74, 6) is 0.626. The highest BCUT2D eigenvalue weighted by molar-refractivity contribution is 5.67. The maximum absolute atomic E-state index is 11.6. The van der Waals surface area contributed by atoms with Gasteiger partial charge in [-0.3, -0.25) is 4.98 Å². The van der Waals surface area contributed by atoms with Gasteiger partial charge < -0.3 is 9.64 Å². The van der Waals surface area contributed by atoms with Crippen LogP contribution in [0.25, 0.3) is 0 Å². The van der Waals surface area contributed by atoms with Gasteiger partial charge in [-0.2, -0.15) is 0 Å². The summed E-state index contributed by atoms with van der Waals surface area (Å²) in [5.41, 5.74) is 2.35. The monoisotopic (exact) mass is 262 g/mol. The molecule has 19 heavy (non-hydrogen) atoms. The molecule has 0 spiro atoms. The van der Waals surface area contributed by atoms with Gasteiger partial charge in [0.1, 0.15) is 0 Å². The zero-order valence-corrected chi connectivity index (χ0v) is 11.8. The number of aryl methyl sites for hydroxylation is 1.